The summed E-state index contributed by atoms with van der Waals surface area (Å²) in [6, 6.07) is 7.55. The van der Waals surface area contributed by atoms with Crippen LogP contribution in [0.1, 0.15) is 18.9 Å². The van der Waals surface area contributed by atoms with Gasteiger partial charge < -0.3 is 14.2 Å². The van der Waals surface area contributed by atoms with E-state index in [1.807, 2.05) is 24.3 Å². The van der Waals surface area contributed by atoms with Crippen LogP contribution in [0.25, 0.3) is 0 Å². The van der Waals surface area contributed by atoms with E-state index in [0.29, 0.717) is 6.61 Å². The second kappa shape index (κ2) is 5.32. The van der Waals surface area contributed by atoms with Crippen molar-refractivity contribution in [1.82, 2.24) is 0 Å². The van der Waals surface area contributed by atoms with Crippen LogP contribution >= 0.6 is 15.9 Å². The summed E-state index contributed by atoms with van der Waals surface area (Å²) in [6.45, 7) is 2.25. The molecule has 104 valence electrons. The molecular weight excluding hydrogens is 312 g/mol. The Morgan fingerprint density at radius 3 is 2.58 bits per heavy atom. The van der Waals surface area contributed by atoms with Crippen molar-refractivity contribution in [3.05, 3.63) is 34.3 Å². The summed E-state index contributed by atoms with van der Waals surface area (Å²) in [4.78, 5) is 12.2. The number of Topliss-reactive ketones (excluding diaryl/α,β-unsaturated/α-hetero) is 1. The average molecular weight is 329 g/mol. The smallest absolute Gasteiger partial charge is 0.201 e. The second-order valence-electron chi connectivity index (χ2n) is 4.79. The largest absolute Gasteiger partial charge is 0.362 e. The van der Waals surface area contributed by atoms with Crippen LogP contribution in [-0.4, -0.2) is 32.2 Å². The number of carbonyl (C=O) groups is 1. The third kappa shape index (κ3) is 2.89. The van der Waals surface area contributed by atoms with Crippen LogP contribution in [0.4, 0.5) is 0 Å². The van der Waals surface area contributed by atoms with Gasteiger partial charge in [0.2, 0.25) is 5.79 Å². The zero-order valence-corrected chi connectivity index (χ0v) is 12.8. The molecule has 0 spiro atoms. The van der Waals surface area contributed by atoms with E-state index in [1.54, 1.807) is 6.92 Å². The van der Waals surface area contributed by atoms with Gasteiger partial charge in [-0.25, -0.2) is 0 Å². The van der Waals surface area contributed by atoms with E-state index in [-0.39, 0.29) is 12.2 Å². The molecule has 5 heteroatoms. The van der Waals surface area contributed by atoms with E-state index < -0.39 is 11.4 Å². The maximum absolute atomic E-state index is 12.2. The highest BCUT2D eigenvalue weighted by atomic mass is 79.9. The van der Waals surface area contributed by atoms with Crippen molar-refractivity contribution in [3.63, 3.8) is 0 Å². The summed E-state index contributed by atoms with van der Waals surface area (Å²) < 4.78 is 17.1. The molecule has 1 atom stereocenters. The summed E-state index contributed by atoms with van der Waals surface area (Å²) in [5.74, 6) is -1.09. The van der Waals surface area contributed by atoms with E-state index >= 15 is 0 Å². The highest BCUT2D eigenvalue weighted by Crippen LogP contribution is 2.37. The van der Waals surface area contributed by atoms with Crippen molar-refractivity contribution >= 4 is 21.7 Å². The molecule has 0 aliphatic carbocycles. The topological polar surface area (TPSA) is 48.1 Å². The fourth-order valence-electron chi connectivity index (χ4n) is 1.96. The summed E-state index contributed by atoms with van der Waals surface area (Å²) in [5, 5.41) is 0. The quantitative estimate of drug-likeness (QED) is 0.595. The molecule has 2 rings (SSSR count). The number of ketones is 1. The predicted molar refractivity (Wildman–Crippen MR) is 73.8 cm³/mol. The van der Waals surface area contributed by atoms with Crippen molar-refractivity contribution in [2.75, 3.05) is 20.8 Å². The van der Waals surface area contributed by atoms with Gasteiger partial charge in [0.25, 0.3) is 0 Å². The van der Waals surface area contributed by atoms with Crippen molar-refractivity contribution in [3.8, 4) is 0 Å². The summed E-state index contributed by atoms with van der Waals surface area (Å²) >= 11 is 3.41. The molecule has 0 aromatic heterocycles. The van der Waals surface area contributed by atoms with Crippen molar-refractivity contribution in [1.29, 1.82) is 0 Å². The third-order valence-electron chi connectivity index (χ3n) is 3.48. The lowest BCUT2D eigenvalue weighted by Gasteiger charge is -2.31. The highest BCUT2D eigenvalue weighted by molar-refractivity contribution is 9.10. The van der Waals surface area contributed by atoms with Crippen molar-refractivity contribution in [2.45, 2.75) is 24.7 Å². The molecule has 0 N–H and O–H groups in total. The van der Waals surface area contributed by atoms with Crippen LogP contribution in [0.2, 0.25) is 0 Å². The zero-order chi connectivity index (χ0) is 14.1. The average Bonchev–Trinajstić information content (AvgIpc) is 3.15. The fourth-order valence-corrected chi connectivity index (χ4v) is 2.36. The second-order valence-corrected chi connectivity index (χ2v) is 5.71. The highest BCUT2D eigenvalue weighted by Gasteiger charge is 2.50. The zero-order valence-electron chi connectivity index (χ0n) is 11.2. The first kappa shape index (κ1) is 14.7. The molecule has 1 saturated heterocycles. The molecule has 1 fully saturated rings. The Kier molecular flexibility index (Phi) is 4.11. The number of carbonyl (C=O) groups excluding carboxylic acids is 1. The van der Waals surface area contributed by atoms with Gasteiger partial charge in [-0.3, -0.25) is 4.79 Å². The molecule has 1 aliphatic rings. The summed E-state index contributed by atoms with van der Waals surface area (Å²) in [5.41, 5.74) is 0.124. The fraction of sp³-hybridized carbons (Fsp3) is 0.500. The standard InChI is InChI=1S/C14H17BrO4/c1-13(9-19-13)12(16)8-14(17-2,18-3)10-5-4-6-11(15)7-10/h4-7H,8-9H2,1-3H3. The van der Waals surface area contributed by atoms with Gasteiger partial charge in [-0.15, -0.1) is 0 Å². The Balaban J connectivity index is 2.29. The first-order chi connectivity index (χ1) is 8.96. The molecular formula is C14H17BrO4. The van der Waals surface area contributed by atoms with Crippen LogP contribution in [0.5, 0.6) is 0 Å². The molecule has 1 aromatic carbocycles. The van der Waals surface area contributed by atoms with Crippen molar-refractivity contribution < 1.29 is 19.0 Å². The molecule has 1 aromatic rings. The number of halogens is 1. The molecule has 0 bridgehead atoms. The lowest BCUT2D eigenvalue weighted by atomic mass is 9.94. The molecule has 0 saturated carbocycles. The van der Waals surface area contributed by atoms with Gasteiger partial charge in [-0.05, 0) is 19.1 Å². The van der Waals surface area contributed by atoms with Gasteiger partial charge in [-0.1, -0.05) is 28.1 Å². The molecule has 1 heterocycles. The van der Waals surface area contributed by atoms with Gasteiger partial charge in [0, 0.05) is 24.3 Å². The molecule has 0 amide bonds. The number of hydrogen-bond acceptors (Lipinski definition) is 4. The van der Waals surface area contributed by atoms with E-state index in [9.17, 15) is 4.79 Å². The number of benzene rings is 1. The summed E-state index contributed by atoms with van der Waals surface area (Å²) in [6.07, 6.45) is 0.118. The van der Waals surface area contributed by atoms with Gasteiger partial charge in [0.1, 0.15) is 5.60 Å². The maximum Gasteiger partial charge on any atom is 0.201 e. The number of rotatable bonds is 6. The van der Waals surface area contributed by atoms with E-state index in [0.717, 1.165) is 10.0 Å². The first-order valence-corrected chi connectivity index (χ1v) is 6.79. The number of hydrogen-bond donors (Lipinski definition) is 0. The number of methoxy groups -OCH3 is 2. The predicted octanol–water partition coefficient (Wildman–Crippen LogP) is 2.64. The van der Waals surface area contributed by atoms with Crippen LogP contribution in [0.15, 0.2) is 28.7 Å². The van der Waals surface area contributed by atoms with Gasteiger partial charge >= 0.3 is 0 Å². The van der Waals surface area contributed by atoms with Crippen LogP contribution < -0.4 is 0 Å². The van der Waals surface area contributed by atoms with Gasteiger partial charge in [0.15, 0.2) is 5.78 Å². The van der Waals surface area contributed by atoms with Crippen molar-refractivity contribution in [2.24, 2.45) is 0 Å². The molecule has 1 unspecified atom stereocenters. The van der Waals surface area contributed by atoms with E-state index in [1.165, 1.54) is 14.2 Å². The minimum absolute atomic E-state index is 0.0174. The Labute approximate surface area is 121 Å². The minimum Gasteiger partial charge on any atom is -0.362 e. The molecule has 19 heavy (non-hydrogen) atoms. The number of ether oxygens (including phenoxy) is 3. The number of epoxide rings is 1. The van der Waals surface area contributed by atoms with Gasteiger partial charge in [-0.2, -0.15) is 0 Å². The summed E-state index contributed by atoms with van der Waals surface area (Å²) in [7, 11) is 3.07. The Hall–Kier alpha value is -0.750. The van der Waals surface area contributed by atoms with E-state index in [4.69, 9.17) is 14.2 Å². The first-order valence-electron chi connectivity index (χ1n) is 5.99. The minimum atomic E-state index is -1.07. The lowest BCUT2D eigenvalue weighted by molar-refractivity contribution is -0.219. The normalized spacial score (nSPS) is 22.3. The van der Waals surface area contributed by atoms with Crippen LogP contribution in [0, 0.1) is 0 Å². The SMILES string of the molecule is COC(CC(=O)C1(C)CO1)(OC)c1cccc(Br)c1. The Morgan fingerprint density at radius 1 is 1.47 bits per heavy atom. The monoisotopic (exact) mass is 328 g/mol. The molecule has 4 nitrogen and oxygen atoms in total. The molecule has 1 aliphatic heterocycles. The van der Waals surface area contributed by atoms with Gasteiger partial charge in [0.05, 0.1) is 13.0 Å². The van der Waals surface area contributed by atoms with Crippen LogP contribution in [0.3, 0.4) is 0 Å². The maximum atomic E-state index is 12.2. The lowest BCUT2D eigenvalue weighted by Crippen LogP contribution is -2.37. The Morgan fingerprint density at radius 2 is 2.11 bits per heavy atom. The molecule has 0 radical (unpaired) electrons. The van der Waals surface area contributed by atoms with E-state index in [2.05, 4.69) is 15.9 Å². The Bertz CT molecular complexity index is 478. The third-order valence-corrected chi connectivity index (χ3v) is 3.98. The van der Waals surface area contributed by atoms with Crippen LogP contribution in [-0.2, 0) is 24.8 Å².